The first-order chi connectivity index (χ1) is 9.51. The van der Waals surface area contributed by atoms with Crippen molar-refractivity contribution in [1.29, 1.82) is 0 Å². The van der Waals surface area contributed by atoms with Crippen LogP contribution in [-0.4, -0.2) is 42.7 Å². The van der Waals surface area contributed by atoms with Crippen LogP contribution >= 0.6 is 0 Å². The van der Waals surface area contributed by atoms with Crippen molar-refractivity contribution in [2.24, 2.45) is 0 Å². The van der Waals surface area contributed by atoms with Crippen LogP contribution in [0.15, 0.2) is 36.4 Å². The molecule has 20 heavy (non-hydrogen) atoms. The van der Waals surface area contributed by atoms with Gasteiger partial charge >= 0.3 is 5.97 Å². The molecule has 0 saturated carbocycles. The fourth-order valence-electron chi connectivity index (χ4n) is 1.98. The molecule has 0 atom stereocenters. The molecule has 1 aromatic carbocycles. The summed E-state index contributed by atoms with van der Waals surface area (Å²) in [6.07, 6.45) is 1.05. The third-order valence-corrected chi connectivity index (χ3v) is 3.01. The highest BCUT2D eigenvalue weighted by Crippen LogP contribution is 2.12. The van der Waals surface area contributed by atoms with Crippen molar-refractivity contribution >= 4 is 5.97 Å². The first-order valence-corrected chi connectivity index (χ1v) is 6.72. The van der Waals surface area contributed by atoms with E-state index in [2.05, 4.69) is 11.5 Å². The van der Waals surface area contributed by atoms with Crippen LogP contribution < -0.4 is 4.74 Å². The van der Waals surface area contributed by atoms with Gasteiger partial charge < -0.3 is 9.84 Å². The number of ether oxygens (including phenoxy) is 1. The summed E-state index contributed by atoms with van der Waals surface area (Å²) in [6.45, 7) is 7.97. The van der Waals surface area contributed by atoms with Crippen LogP contribution in [0.25, 0.3) is 0 Å². The van der Waals surface area contributed by atoms with E-state index in [1.54, 1.807) is 7.11 Å². The van der Waals surface area contributed by atoms with E-state index in [4.69, 9.17) is 9.84 Å². The Bertz CT molecular complexity index is 440. The number of carboxylic acid groups (broad SMARTS) is 1. The van der Waals surface area contributed by atoms with Crippen molar-refractivity contribution in [3.63, 3.8) is 0 Å². The van der Waals surface area contributed by atoms with Crippen LogP contribution in [0, 0.1) is 0 Å². The van der Waals surface area contributed by atoms with E-state index in [0.29, 0.717) is 6.54 Å². The lowest BCUT2D eigenvalue weighted by Gasteiger charge is -2.21. The molecule has 0 aliphatic rings. The number of carboxylic acids is 1. The fourth-order valence-corrected chi connectivity index (χ4v) is 1.98. The van der Waals surface area contributed by atoms with E-state index >= 15 is 0 Å². The molecule has 1 N–H and O–H groups in total. The maximum Gasteiger partial charge on any atom is 0.304 e. The van der Waals surface area contributed by atoms with Gasteiger partial charge in [-0.15, -0.1) is 0 Å². The number of nitrogens with zero attached hydrogens (tertiary/aromatic N) is 1. The Morgan fingerprint density at radius 3 is 2.45 bits per heavy atom. The van der Waals surface area contributed by atoms with Gasteiger partial charge in [-0.25, -0.2) is 0 Å². The van der Waals surface area contributed by atoms with Gasteiger partial charge in [0.2, 0.25) is 0 Å². The molecule has 0 bridgehead atoms. The molecule has 0 fully saturated rings. The normalized spacial score (nSPS) is 10.6. The first-order valence-electron chi connectivity index (χ1n) is 6.72. The molecule has 0 spiro atoms. The summed E-state index contributed by atoms with van der Waals surface area (Å²) in [6, 6.07) is 7.95. The van der Waals surface area contributed by atoms with E-state index in [-0.39, 0.29) is 6.42 Å². The zero-order valence-electron chi connectivity index (χ0n) is 12.3. The van der Waals surface area contributed by atoms with Gasteiger partial charge in [-0.3, -0.25) is 9.69 Å². The number of carbonyl (C=O) groups is 1. The third kappa shape index (κ3) is 6.38. The lowest BCUT2D eigenvalue weighted by Crippen LogP contribution is -2.30. The first kappa shape index (κ1) is 16.2. The Kier molecular flexibility index (Phi) is 6.81. The summed E-state index contributed by atoms with van der Waals surface area (Å²) in [5, 5.41) is 8.78. The van der Waals surface area contributed by atoms with Gasteiger partial charge in [-0.05, 0) is 31.0 Å². The Labute approximate surface area is 120 Å². The average Bonchev–Trinajstić information content (AvgIpc) is 2.42. The zero-order valence-corrected chi connectivity index (χ0v) is 12.3. The molecule has 0 unspecified atom stereocenters. The molecule has 4 heteroatoms. The van der Waals surface area contributed by atoms with E-state index in [0.717, 1.165) is 30.8 Å². The Hall–Kier alpha value is -1.81. The van der Waals surface area contributed by atoms with Gasteiger partial charge in [0.15, 0.2) is 0 Å². The molecule has 0 aromatic heterocycles. The summed E-state index contributed by atoms with van der Waals surface area (Å²) < 4.78 is 5.13. The van der Waals surface area contributed by atoms with Gasteiger partial charge in [0, 0.05) is 19.6 Å². The number of hydrogen-bond donors (Lipinski definition) is 1. The fraction of sp³-hybridized carbons (Fsp3) is 0.438. The maximum atomic E-state index is 10.7. The van der Waals surface area contributed by atoms with Gasteiger partial charge in [-0.2, -0.15) is 0 Å². The zero-order chi connectivity index (χ0) is 15.0. The van der Waals surface area contributed by atoms with Crippen LogP contribution in [0.2, 0.25) is 0 Å². The highest BCUT2D eigenvalue weighted by Gasteiger charge is 2.08. The number of hydrogen-bond acceptors (Lipinski definition) is 3. The average molecular weight is 277 g/mol. The molecule has 0 aliphatic heterocycles. The van der Waals surface area contributed by atoms with Gasteiger partial charge in [0.05, 0.1) is 13.5 Å². The second-order valence-electron chi connectivity index (χ2n) is 4.98. The molecule has 110 valence electrons. The summed E-state index contributed by atoms with van der Waals surface area (Å²) in [5.41, 5.74) is 2.26. The number of benzene rings is 1. The second-order valence-corrected chi connectivity index (χ2v) is 4.98. The molecule has 0 radical (unpaired) electrons. The van der Waals surface area contributed by atoms with Gasteiger partial charge in [-0.1, -0.05) is 24.3 Å². The highest BCUT2D eigenvalue weighted by atomic mass is 16.5. The molecular weight excluding hydrogens is 254 g/mol. The van der Waals surface area contributed by atoms with Crippen LogP contribution in [0.4, 0.5) is 0 Å². The molecule has 1 rings (SSSR count). The van der Waals surface area contributed by atoms with Crippen molar-refractivity contribution in [1.82, 2.24) is 4.90 Å². The minimum atomic E-state index is -0.763. The quantitative estimate of drug-likeness (QED) is 0.705. The topological polar surface area (TPSA) is 49.8 Å². The van der Waals surface area contributed by atoms with Crippen molar-refractivity contribution in [3.05, 3.63) is 42.0 Å². The Morgan fingerprint density at radius 2 is 1.95 bits per heavy atom. The second kappa shape index (κ2) is 8.38. The van der Waals surface area contributed by atoms with Crippen LogP contribution in [0.3, 0.4) is 0 Å². The minimum Gasteiger partial charge on any atom is -0.497 e. The monoisotopic (exact) mass is 277 g/mol. The molecular formula is C16H23NO3. The molecule has 1 aromatic rings. The summed E-state index contributed by atoms with van der Waals surface area (Å²) >= 11 is 0. The van der Waals surface area contributed by atoms with E-state index in [9.17, 15) is 4.79 Å². The number of rotatable bonds is 9. The smallest absolute Gasteiger partial charge is 0.304 e. The van der Waals surface area contributed by atoms with E-state index in [1.807, 2.05) is 31.2 Å². The minimum absolute atomic E-state index is 0.163. The van der Waals surface area contributed by atoms with Crippen molar-refractivity contribution < 1.29 is 14.6 Å². The van der Waals surface area contributed by atoms with E-state index in [1.165, 1.54) is 5.56 Å². The molecule has 0 amide bonds. The third-order valence-electron chi connectivity index (χ3n) is 3.01. The molecule has 0 heterocycles. The molecule has 0 aliphatic carbocycles. The van der Waals surface area contributed by atoms with Crippen molar-refractivity contribution in [3.8, 4) is 5.75 Å². The van der Waals surface area contributed by atoms with Gasteiger partial charge in [0.1, 0.15) is 5.75 Å². The molecule has 4 nitrogen and oxygen atoms in total. The van der Waals surface area contributed by atoms with Crippen LogP contribution in [0.5, 0.6) is 5.75 Å². The SMILES string of the molecule is C=C(C)CN(CCC(=O)O)CCc1ccc(OC)cc1. The van der Waals surface area contributed by atoms with Crippen LogP contribution in [0.1, 0.15) is 18.9 Å². The van der Waals surface area contributed by atoms with Crippen LogP contribution in [-0.2, 0) is 11.2 Å². The van der Waals surface area contributed by atoms with Crippen molar-refractivity contribution in [2.45, 2.75) is 19.8 Å². The maximum absolute atomic E-state index is 10.7. The highest BCUT2D eigenvalue weighted by molar-refractivity contribution is 5.66. The predicted molar refractivity (Wildman–Crippen MR) is 80.2 cm³/mol. The van der Waals surface area contributed by atoms with Crippen molar-refractivity contribution in [2.75, 3.05) is 26.7 Å². The van der Waals surface area contributed by atoms with E-state index < -0.39 is 5.97 Å². The number of methoxy groups -OCH3 is 1. The summed E-state index contributed by atoms with van der Waals surface area (Å²) in [7, 11) is 1.65. The largest absolute Gasteiger partial charge is 0.497 e. The Morgan fingerprint density at radius 1 is 1.30 bits per heavy atom. The standard InChI is InChI=1S/C16H23NO3/c1-13(2)12-17(11-9-16(18)19)10-8-14-4-6-15(20-3)7-5-14/h4-7H,1,8-12H2,2-3H3,(H,18,19). The molecule has 0 saturated heterocycles. The Balaban J connectivity index is 2.50. The summed E-state index contributed by atoms with van der Waals surface area (Å²) in [4.78, 5) is 12.8. The predicted octanol–water partition coefficient (Wildman–Crippen LogP) is 2.59. The lowest BCUT2D eigenvalue weighted by molar-refractivity contribution is -0.137. The van der Waals surface area contributed by atoms with Gasteiger partial charge in [0.25, 0.3) is 0 Å². The lowest BCUT2D eigenvalue weighted by atomic mass is 10.1. The number of aliphatic carboxylic acids is 1. The summed E-state index contributed by atoms with van der Waals surface area (Å²) in [5.74, 6) is 0.0829.